The van der Waals surface area contributed by atoms with E-state index < -0.39 is 0 Å². The molecule has 1 aromatic carbocycles. The zero-order chi connectivity index (χ0) is 19.7. The van der Waals surface area contributed by atoms with E-state index in [-0.39, 0.29) is 12.0 Å². The van der Waals surface area contributed by atoms with E-state index in [2.05, 4.69) is 36.9 Å². The first-order valence-electron chi connectivity index (χ1n) is 10.0. The van der Waals surface area contributed by atoms with E-state index in [4.69, 9.17) is 9.72 Å². The van der Waals surface area contributed by atoms with Crippen LogP contribution in [0.3, 0.4) is 0 Å². The van der Waals surface area contributed by atoms with E-state index in [1.165, 1.54) is 11.1 Å². The number of hydrogen-bond donors (Lipinski definition) is 0. The zero-order valence-electron chi connectivity index (χ0n) is 16.6. The van der Waals surface area contributed by atoms with Crippen LogP contribution in [0, 0.1) is 25.2 Å². The number of fused-ring (bicyclic) bond motifs is 1. The molecule has 1 amide bonds. The second-order valence-corrected chi connectivity index (χ2v) is 7.77. The Bertz CT molecular complexity index is 944. The van der Waals surface area contributed by atoms with Gasteiger partial charge in [0.05, 0.1) is 11.1 Å². The van der Waals surface area contributed by atoms with E-state index >= 15 is 0 Å². The van der Waals surface area contributed by atoms with Gasteiger partial charge in [-0.3, -0.25) is 4.79 Å². The lowest BCUT2D eigenvalue weighted by atomic mass is 10.0. The minimum atomic E-state index is -0.272. The Balaban J connectivity index is 1.58. The van der Waals surface area contributed by atoms with Crippen LogP contribution in [-0.4, -0.2) is 54.7 Å². The second-order valence-electron chi connectivity index (χ2n) is 7.77. The number of benzene rings is 1. The predicted molar refractivity (Wildman–Crippen MR) is 108 cm³/mol. The third-order valence-electron chi connectivity index (χ3n) is 5.84. The van der Waals surface area contributed by atoms with Gasteiger partial charge in [0, 0.05) is 38.2 Å². The molecule has 0 aliphatic carbocycles. The SMILES string of the molecule is Cc1cc2cc(C#N)c(N3CCCN(C(=O)C4CCCO4)CC3)nc2cc1C. The minimum Gasteiger partial charge on any atom is -0.368 e. The summed E-state index contributed by atoms with van der Waals surface area (Å²) in [6.07, 6.45) is 2.37. The lowest BCUT2D eigenvalue weighted by molar-refractivity contribution is -0.140. The predicted octanol–water partition coefficient (Wildman–Crippen LogP) is 2.94. The topological polar surface area (TPSA) is 69.5 Å². The molecule has 146 valence electrons. The normalized spacial score (nSPS) is 20.2. The summed E-state index contributed by atoms with van der Waals surface area (Å²) in [4.78, 5) is 21.6. The van der Waals surface area contributed by atoms with Gasteiger partial charge < -0.3 is 14.5 Å². The Morgan fingerprint density at radius 2 is 1.96 bits per heavy atom. The molecule has 3 heterocycles. The van der Waals surface area contributed by atoms with Crippen LogP contribution in [0.4, 0.5) is 5.82 Å². The fourth-order valence-corrected chi connectivity index (χ4v) is 4.08. The van der Waals surface area contributed by atoms with Crippen LogP contribution in [0.1, 0.15) is 36.0 Å². The number of amides is 1. The highest BCUT2D eigenvalue weighted by molar-refractivity contribution is 5.85. The average Bonchev–Trinajstić information content (AvgIpc) is 3.12. The number of carbonyl (C=O) groups is 1. The summed E-state index contributed by atoms with van der Waals surface area (Å²) in [7, 11) is 0. The molecular weight excluding hydrogens is 352 g/mol. The number of hydrogen-bond acceptors (Lipinski definition) is 5. The summed E-state index contributed by atoms with van der Waals surface area (Å²) < 4.78 is 5.57. The molecule has 2 saturated heterocycles. The smallest absolute Gasteiger partial charge is 0.251 e. The summed E-state index contributed by atoms with van der Waals surface area (Å²) in [5, 5.41) is 10.7. The molecule has 0 spiro atoms. The van der Waals surface area contributed by atoms with Crippen LogP contribution in [0.2, 0.25) is 0 Å². The Morgan fingerprint density at radius 1 is 1.14 bits per heavy atom. The van der Waals surface area contributed by atoms with E-state index in [0.717, 1.165) is 49.1 Å². The van der Waals surface area contributed by atoms with Crippen molar-refractivity contribution in [3.63, 3.8) is 0 Å². The quantitative estimate of drug-likeness (QED) is 0.804. The highest BCUT2D eigenvalue weighted by Gasteiger charge is 2.30. The fourth-order valence-electron chi connectivity index (χ4n) is 4.08. The number of nitrogens with zero attached hydrogens (tertiary/aromatic N) is 4. The summed E-state index contributed by atoms with van der Waals surface area (Å²) in [5.41, 5.74) is 3.90. The lowest BCUT2D eigenvalue weighted by Crippen LogP contribution is -2.41. The first-order chi connectivity index (χ1) is 13.6. The summed E-state index contributed by atoms with van der Waals surface area (Å²) in [6, 6.07) is 8.42. The Morgan fingerprint density at radius 3 is 2.71 bits per heavy atom. The van der Waals surface area contributed by atoms with E-state index in [9.17, 15) is 10.1 Å². The van der Waals surface area contributed by atoms with Crippen LogP contribution in [0.5, 0.6) is 0 Å². The van der Waals surface area contributed by atoms with Crippen molar-refractivity contribution in [1.82, 2.24) is 9.88 Å². The van der Waals surface area contributed by atoms with Gasteiger partial charge in [0.1, 0.15) is 18.0 Å². The minimum absolute atomic E-state index is 0.109. The highest BCUT2D eigenvalue weighted by atomic mass is 16.5. The molecular formula is C22H26N4O2. The van der Waals surface area contributed by atoms with Crippen molar-refractivity contribution in [2.24, 2.45) is 0 Å². The number of pyridine rings is 1. The highest BCUT2D eigenvalue weighted by Crippen LogP contribution is 2.26. The molecule has 0 radical (unpaired) electrons. The van der Waals surface area contributed by atoms with Crippen LogP contribution in [0.15, 0.2) is 18.2 Å². The number of nitriles is 1. The molecule has 4 rings (SSSR count). The standard InChI is InChI=1S/C22H26N4O2/c1-15-11-17-13-18(14-23)21(24-19(17)12-16(15)2)25-6-4-7-26(9-8-25)22(27)20-5-3-10-28-20/h11-13,20H,3-10H2,1-2H3. The molecule has 1 unspecified atom stereocenters. The van der Waals surface area contributed by atoms with Crippen LogP contribution >= 0.6 is 0 Å². The fraction of sp³-hybridized carbons (Fsp3) is 0.500. The number of anilines is 1. The van der Waals surface area contributed by atoms with E-state index in [1.807, 2.05) is 11.0 Å². The Kier molecular flexibility index (Phi) is 5.19. The molecule has 2 fully saturated rings. The maximum atomic E-state index is 12.7. The van der Waals surface area contributed by atoms with Crippen molar-refractivity contribution in [3.8, 4) is 6.07 Å². The third-order valence-corrected chi connectivity index (χ3v) is 5.84. The molecule has 2 aromatic rings. The van der Waals surface area contributed by atoms with Crippen molar-refractivity contribution in [2.45, 2.75) is 39.2 Å². The lowest BCUT2D eigenvalue weighted by Gasteiger charge is -2.25. The zero-order valence-corrected chi connectivity index (χ0v) is 16.6. The van der Waals surface area contributed by atoms with Crippen LogP contribution in [-0.2, 0) is 9.53 Å². The number of carbonyl (C=O) groups excluding carboxylic acids is 1. The Hall–Kier alpha value is -2.65. The number of ether oxygens (including phenoxy) is 1. The molecule has 2 aliphatic heterocycles. The second kappa shape index (κ2) is 7.76. The summed E-state index contributed by atoms with van der Waals surface area (Å²) in [5.74, 6) is 0.835. The molecule has 1 aromatic heterocycles. The van der Waals surface area contributed by atoms with Gasteiger partial charge in [0.15, 0.2) is 0 Å². The van der Waals surface area contributed by atoms with E-state index in [0.29, 0.717) is 25.3 Å². The van der Waals surface area contributed by atoms with Crippen molar-refractivity contribution in [2.75, 3.05) is 37.7 Å². The average molecular weight is 378 g/mol. The van der Waals surface area contributed by atoms with Crippen LogP contribution in [0.25, 0.3) is 10.9 Å². The van der Waals surface area contributed by atoms with Gasteiger partial charge in [-0.05, 0) is 62.4 Å². The maximum Gasteiger partial charge on any atom is 0.251 e. The number of aryl methyl sites for hydroxylation is 2. The summed E-state index contributed by atoms with van der Waals surface area (Å²) in [6.45, 7) is 7.66. The molecule has 0 bridgehead atoms. The van der Waals surface area contributed by atoms with Crippen molar-refractivity contribution < 1.29 is 9.53 Å². The first kappa shape index (κ1) is 18.7. The van der Waals surface area contributed by atoms with Gasteiger partial charge in [-0.15, -0.1) is 0 Å². The molecule has 6 heteroatoms. The van der Waals surface area contributed by atoms with Crippen LogP contribution < -0.4 is 4.90 Å². The van der Waals surface area contributed by atoms with Gasteiger partial charge in [-0.1, -0.05) is 0 Å². The first-order valence-corrected chi connectivity index (χ1v) is 10.0. The van der Waals surface area contributed by atoms with E-state index in [1.54, 1.807) is 0 Å². The number of rotatable bonds is 2. The van der Waals surface area contributed by atoms with Gasteiger partial charge in [0.2, 0.25) is 0 Å². The van der Waals surface area contributed by atoms with Crippen molar-refractivity contribution in [1.29, 1.82) is 5.26 Å². The van der Waals surface area contributed by atoms with Gasteiger partial charge >= 0.3 is 0 Å². The largest absolute Gasteiger partial charge is 0.368 e. The number of aromatic nitrogens is 1. The summed E-state index contributed by atoms with van der Waals surface area (Å²) >= 11 is 0. The molecule has 1 atom stereocenters. The van der Waals surface area contributed by atoms with Crippen molar-refractivity contribution in [3.05, 3.63) is 34.9 Å². The van der Waals surface area contributed by atoms with Gasteiger partial charge in [0.25, 0.3) is 5.91 Å². The molecule has 2 aliphatic rings. The Labute approximate surface area is 165 Å². The van der Waals surface area contributed by atoms with Gasteiger partial charge in [-0.25, -0.2) is 4.98 Å². The maximum absolute atomic E-state index is 12.7. The third kappa shape index (κ3) is 3.55. The van der Waals surface area contributed by atoms with Gasteiger partial charge in [-0.2, -0.15) is 5.26 Å². The molecule has 0 saturated carbocycles. The van der Waals surface area contributed by atoms with Crippen molar-refractivity contribution >= 4 is 22.6 Å². The monoisotopic (exact) mass is 378 g/mol. The molecule has 0 N–H and O–H groups in total. The molecule has 6 nitrogen and oxygen atoms in total. The molecule has 28 heavy (non-hydrogen) atoms.